The highest BCUT2D eigenvalue weighted by molar-refractivity contribution is 6.33. The lowest BCUT2D eigenvalue weighted by molar-refractivity contribution is 0.112. The van der Waals surface area contributed by atoms with Crippen LogP contribution in [0.4, 0.5) is 5.69 Å². The van der Waals surface area contributed by atoms with E-state index in [4.69, 9.17) is 11.6 Å². The van der Waals surface area contributed by atoms with Crippen LogP contribution in [0.1, 0.15) is 28.8 Å². The average molecular weight is 363 g/mol. The first-order valence-corrected chi connectivity index (χ1v) is 9.43. The maximum atomic E-state index is 11.4. The van der Waals surface area contributed by atoms with E-state index in [-0.39, 0.29) is 0 Å². The molecule has 1 aromatic carbocycles. The van der Waals surface area contributed by atoms with Gasteiger partial charge in [-0.05, 0) is 55.9 Å². The van der Waals surface area contributed by atoms with Gasteiger partial charge in [-0.15, -0.1) is 0 Å². The van der Waals surface area contributed by atoms with Crippen molar-refractivity contribution in [2.24, 2.45) is 0 Å². The Balaban J connectivity index is 1.71. The smallest absolute Gasteiger partial charge is 0.152 e. The van der Waals surface area contributed by atoms with Gasteiger partial charge in [0.1, 0.15) is 0 Å². The van der Waals surface area contributed by atoms with Crippen LogP contribution in [0.2, 0.25) is 5.02 Å². The number of piperazine rings is 1. The highest BCUT2D eigenvalue weighted by atomic mass is 35.5. The summed E-state index contributed by atoms with van der Waals surface area (Å²) in [6, 6.07) is 4.70. The number of rotatable bonds is 5. The third kappa shape index (κ3) is 4.35. The number of carbonyl (C=O) groups excluding carboxylic acids is 1. The molecule has 5 nitrogen and oxygen atoms in total. The molecule has 0 atom stereocenters. The molecule has 25 heavy (non-hydrogen) atoms. The van der Waals surface area contributed by atoms with E-state index in [9.17, 15) is 4.79 Å². The van der Waals surface area contributed by atoms with Gasteiger partial charge in [-0.3, -0.25) is 9.69 Å². The monoisotopic (exact) mass is 362 g/mol. The number of anilines is 1. The van der Waals surface area contributed by atoms with E-state index in [0.717, 1.165) is 62.8 Å². The Labute approximate surface area is 155 Å². The van der Waals surface area contributed by atoms with Crippen molar-refractivity contribution in [1.82, 2.24) is 15.5 Å². The molecule has 3 rings (SSSR count). The lowest BCUT2D eigenvalue weighted by Gasteiger charge is -2.41. The van der Waals surface area contributed by atoms with Crippen molar-refractivity contribution in [3.05, 3.63) is 34.5 Å². The van der Waals surface area contributed by atoms with Crippen LogP contribution in [-0.4, -0.2) is 63.5 Å². The summed E-state index contributed by atoms with van der Waals surface area (Å²) in [5.41, 5.74) is 2.49. The molecule has 2 heterocycles. The minimum atomic E-state index is 0.518. The van der Waals surface area contributed by atoms with Crippen LogP contribution in [0.15, 0.2) is 18.3 Å². The van der Waals surface area contributed by atoms with Gasteiger partial charge in [0.05, 0.1) is 5.02 Å². The Hall–Kier alpha value is -1.56. The molecule has 2 aliphatic rings. The van der Waals surface area contributed by atoms with Crippen LogP contribution in [-0.2, 0) is 0 Å². The van der Waals surface area contributed by atoms with Crippen molar-refractivity contribution in [2.75, 3.05) is 51.2 Å². The summed E-state index contributed by atoms with van der Waals surface area (Å²) in [6.45, 7) is 6.42. The van der Waals surface area contributed by atoms with Crippen molar-refractivity contribution < 1.29 is 4.79 Å². The van der Waals surface area contributed by atoms with Crippen molar-refractivity contribution in [1.29, 1.82) is 0 Å². The molecule has 0 bridgehead atoms. The molecule has 136 valence electrons. The number of hydrogen-bond acceptors (Lipinski definition) is 5. The largest absolute Gasteiger partial charge is 0.394 e. The number of carbonyl (C=O) groups is 1. The van der Waals surface area contributed by atoms with E-state index in [1.54, 1.807) is 0 Å². The number of benzene rings is 1. The maximum Gasteiger partial charge on any atom is 0.152 e. The first-order chi connectivity index (χ1) is 12.2. The molecule has 0 unspecified atom stereocenters. The number of nitrogens with one attached hydrogen (secondary N) is 2. The predicted molar refractivity (Wildman–Crippen MR) is 105 cm³/mol. The zero-order valence-corrected chi connectivity index (χ0v) is 15.6. The Morgan fingerprint density at radius 3 is 2.56 bits per heavy atom. The lowest BCUT2D eigenvalue weighted by atomic mass is 10.0. The molecule has 2 saturated heterocycles. The van der Waals surface area contributed by atoms with E-state index in [1.807, 2.05) is 25.4 Å². The van der Waals surface area contributed by atoms with Gasteiger partial charge in [0.15, 0.2) is 6.29 Å². The fraction of sp³-hybridized carbons (Fsp3) is 0.526. The maximum absolute atomic E-state index is 11.4. The standard InChI is InChI=1S/C19H27ClN4O/c1-21-5-2-15-12-17(13-19(20)18(15)14-25)24-10-8-23(9-11-24)16-3-6-22-7-4-16/h2,5,12-14,16,21-22H,3-4,6-11H2,1H3/b5-2-. The van der Waals surface area contributed by atoms with Gasteiger partial charge >= 0.3 is 0 Å². The van der Waals surface area contributed by atoms with Gasteiger partial charge in [-0.2, -0.15) is 0 Å². The molecule has 0 amide bonds. The Morgan fingerprint density at radius 1 is 1.20 bits per heavy atom. The highest BCUT2D eigenvalue weighted by Crippen LogP contribution is 2.28. The van der Waals surface area contributed by atoms with E-state index in [1.165, 1.54) is 12.8 Å². The first kappa shape index (κ1) is 18.2. The van der Waals surface area contributed by atoms with Crippen molar-refractivity contribution >= 4 is 29.7 Å². The summed E-state index contributed by atoms with van der Waals surface area (Å²) in [5.74, 6) is 0. The molecule has 0 aliphatic carbocycles. The molecular weight excluding hydrogens is 336 g/mol. The fourth-order valence-corrected chi connectivity index (χ4v) is 4.02. The van der Waals surface area contributed by atoms with E-state index in [0.29, 0.717) is 10.6 Å². The molecule has 0 saturated carbocycles. The second-order valence-corrected chi connectivity index (χ2v) is 7.08. The lowest BCUT2D eigenvalue weighted by Crippen LogP contribution is -2.52. The third-order valence-electron chi connectivity index (χ3n) is 5.20. The van der Waals surface area contributed by atoms with Crippen LogP contribution >= 0.6 is 11.6 Å². The summed E-state index contributed by atoms with van der Waals surface area (Å²) in [6.07, 6.45) is 7.04. The fourth-order valence-electron chi connectivity index (χ4n) is 3.76. The molecule has 0 radical (unpaired) electrons. The van der Waals surface area contributed by atoms with Crippen molar-refractivity contribution in [2.45, 2.75) is 18.9 Å². The van der Waals surface area contributed by atoms with Gasteiger partial charge in [0.2, 0.25) is 0 Å². The summed E-state index contributed by atoms with van der Waals surface area (Å²) >= 11 is 6.35. The predicted octanol–water partition coefficient (Wildman–Crippen LogP) is 2.22. The van der Waals surface area contributed by atoms with E-state index in [2.05, 4.69) is 26.5 Å². The van der Waals surface area contributed by atoms with Crippen molar-refractivity contribution in [3.8, 4) is 0 Å². The van der Waals surface area contributed by atoms with Gasteiger partial charge < -0.3 is 15.5 Å². The quantitative estimate of drug-likeness (QED) is 0.786. The van der Waals surface area contributed by atoms with Crippen molar-refractivity contribution in [3.63, 3.8) is 0 Å². The van der Waals surface area contributed by atoms with Crippen LogP contribution in [0.3, 0.4) is 0 Å². The number of nitrogens with zero attached hydrogens (tertiary/aromatic N) is 2. The normalized spacial score (nSPS) is 20.2. The SMILES string of the molecule is CN/C=C\c1cc(N2CCN(C3CCNCC3)CC2)cc(Cl)c1C=O. The Bertz CT molecular complexity index is 620. The third-order valence-corrected chi connectivity index (χ3v) is 5.51. The zero-order valence-electron chi connectivity index (χ0n) is 14.8. The van der Waals surface area contributed by atoms with Gasteiger partial charge in [0.25, 0.3) is 0 Å². The Morgan fingerprint density at radius 2 is 1.92 bits per heavy atom. The summed E-state index contributed by atoms with van der Waals surface area (Å²) in [7, 11) is 1.84. The number of hydrogen-bond donors (Lipinski definition) is 2. The van der Waals surface area contributed by atoms with Crippen LogP contribution < -0.4 is 15.5 Å². The van der Waals surface area contributed by atoms with Crippen LogP contribution in [0.25, 0.3) is 6.08 Å². The highest BCUT2D eigenvalue weighted by Gasteiger charge is 2.25. The molecule has 0 aromatic heterocycles. The number of halogens is 1. The summed E-state index contributed by atoms with van der Waals surface area (Å²) in [4.78, 5) is 16.3. The van der Waals surface area contributed by atoms with Gasteiger partial charge in [0, 0.05) is 50.5 Å². The molecule has 6 heteroatoms. The zero-order chi connectivity index (χ0) is 17.6. The van der Waals surface area contributed by atoms with E-state index < -0.39 is 0 Å². The molecule has 2 fully saturated rings. The second kappa shape index (κ2) is 8.70. The van der Waals surface area contributed by atoms with Gasteiger partial charge in [-0.25, -0.2) is 0 Å². The summed E-state index contributed by atoms with van der Waals surface area (Å²) in [5, 5.41) is 6.92. The number of piperidine rings is 1. The number of aldehydes is 1. The first-order valence-electron chi connectivity index (χ1n) is 9.05. The summed E-state index contributed by atoms with van der Waals surface area (Å²) < 4.78 is 0. The van der Waals surface area contributed by atoms with Gasteiger partial charge in [-0.1, -0.05) is 11.6 Å². The second-order valence-electron chi connectivity index (χ2n) is 6.67. The van der Waals surface area contributed by atoms with Crippen LogP contribution in [0, 0.1) is 0 Å². The minimum Gasteiger partial charge on any atom is -0.394 e. The molecule has 1 aromatic rings. The molecule has 2 aliphatic heterocycles. The van der Waals surface area contributed by atoms with E-state index >= 15 is 0 Å². The molecular formula is C19H27ClN4O. The minimum absolute atomic E-state index is 0.518. The average Bonchev–Trinajstić information content (AvgIpc) is 2.67. The Kier molecular flexibility index (Phi) is 6.34. The molecule has 0 spiro atoms. The molecule has 2 N–H and O–H groups in total. The topological polar surface area (TPSA) is 47.6 Å². The van der Waals surface area contributed by atoms with Crippen LogP contribution in [0.5, 0.6) is 0 Å².